The molecular weight excluding hydrogens is 470 g/mol. The van der Waals surface area contributed by atoms with Crippen LogP contribution in [-0.2, 0) is 11.2 Å². The Hall–Kier alpha value is -2.68. The molecular formula is C33H45N3O2. The Morgan fingerprint density at radius 1 is 1.08 bits per heavy atom. The van der Waals surface area contributed by atoms with Gasteiger partial charge in [0, 0.05) is 19.1 Å². The molecule has 2 aromatic carbocycles. The average Bonchev–Trinajstić information content (AvgIpc) is 3.33. The van der Waals surface area contributed by atoms with E-state index in [0.29, 0.717) is 23.8 Å². The first kappa shape index (κ1) is 28.3. The predicted octanol–water partition coefficient (Wildman–Crippen LogP) is 6.20. The molecule has 0 bridgehead atoms. The van der Waals surface area contributed by atoms with Crippen molar-refractivity contribution in [2.24, 2.45) is 17.8 Å². The number of hydrogen-bond donors (Lipinski definition) is 1. The Balaban J connectivity index is 1.30. The van der Waals surface area contributed by atoms with Crippen molar-refractivity contribution < 1.29 is 9.90 Å². The predicted molar refractivity (Wildman–Crippen MR) is 153 cm³/mol. The second kappa shape index (κ2) is 13.9. The van der Waals surface area contributed by atoms with Gasteiger partial charge in [-0.1, -0.05) is 62.7 Å². The van der Waals surface area contributed by atoms with Gasteiger partial charge in [0.1, 0.15) is 0 Å². The molecule has 1 aliphatic carbocycles. The second-order valence-electron chi connectivity index (χ2n) is 12.1. The minimum Gasteiger partial charge on any atom is -0.480 e. The fourth-order valence-electron chi connectivity index (χ4n) is 6.82. The molecule has 1 saturated carbocycles. The van der Waals surface area contributed by atoms with Crippen molar-refractivity contribution in [1.29, 1.82) is 5.26 Å². The third-order valence-electron chi connectivity index (χ3n) is 8.71. The van der Waals surface area contributed by atoms with Crippen molar-refractivity contribution >= 4 is 5.97 Å². The molecule has 0 spiro atoms. The number of piperidine rings is 1. The van der Waals surface area contributed by atoms with Crippen LogP contribution in [0.1, 0.15) is 75.0 Å². The number of rotatable bonds is 12. The summed E-state index contributed by atoms with van der Waals surface area (Å²) in [6, 6.07) is 21.5. The van der Waals surface area contributed by atoms with Gasteiger partial charge >= 0.3 is 5.97 Å². The van der Waals surface area contributed by atoms with Gasteiger partial charge in [0.05, 0.1) is 18.2 Å². The van der Waals surface area contributed by atoms with E-state index < -0.39 is 5.97 Å². The van der Waals surface area contributed by atoms with Crippen LogP contribution in [0.25, 0.3) is 0 Å². The van der Waals surface area contributed by atoms with Crippen LogP contribution in [0.2, 0.25) is 0 Å². The van der Waals surface area contributed by atoms with Gasteiger partial charge in [-0.3, -0.25) is 9.69 Å². The van der Waals surface area contributed by atoms with Crippen molar-refractivity contribution in [3.63, 3.8) is 0 Å². The zero-order valence-electron chi connectivity index (χ0n) is 23.3. The first-order chi connectivity index (χ1) is 18.4. The molecule has 3 unspecified atom stereocenters. The van der Waals surface area contributed by atoms with Gasteiger partial charge < -0.3 is 10.0 Å². The number of hydrogen-bond acceptors (Lipinski definition) is 4. The highest BCUT2D eigenvalue weighted by Crippen LogP contribution is 2.43. The molecule has 0 aromatic heterocycles. The SMILES string of the molecule is CC(C)CN(CC(=O)O)C1CC(CN2CCC(CCCc3ccc(C#N)cc3)CC2)C(c2ccccc2)C1. The minimum absolute atomic E-state index is 0.144. The topological polar surface area (TPSA) is 67.6 Å². The summed E-state index contributed by atoms with van der Waals surface area (Å²) in [6.07, 6.45) is 8.29. The molecule has 5 nitrogen and oxygen atoms in total. The molecule has 1 aliphatic heterocycles. The van der Waals surface area contributed by atoms with E-state index >= 15 is 0 Å². The Labute approximate surface area is 229 Å². The Morgan fingerprint density at radius 2 is 1.79 bits per heavy atom. The van der Waals surface area contributed by atoms with Crippen LogP contribution >= 0.6 is 0 Å². The largest absolute Gasteiger partial charge is 0.480 e. The number of nitrogens with zero attached hydrogens (tertiary/aromatic N) is 3. The number of carboxylic acids is 1. The average molecular weight is 516 g/mol. The van der Waals surface area contributed by atoms with Gasteiger partial charge in [-0.05, 0) is 98.5 Å². The van der Waals surface area contributed by atoms with E-state index in [0.717, 1.165) is 43.8 Å². The summed E-state index contributed by atoms with van der Waals surface area (Å²) in [6.45, 7) is 8.83. The van der Waals surface area contributed by atoms with Crippen LogP contribution in [0.4, 0.5) is 0 Å². The lowest BCUT2D eigenvalue weighted by atomic mass is 9.87. The monoisotopic (exact) mass is 515 g/mol. The molecule has 0 radical (unpaired) electrons. The molecule has 0 amide bonds. The summed E-state index contributed by atoms with van der Waals surface area (Å²) >= 11 is 0. The summed E-state index contributed by atoms with van der Waals surface area (Å²) in [5, 5.41) is 18.6. The molecule has 2 aliphatic rings. The zero-order chi connectivity index (χ0) is 26.9. The van der Waals surface area contributed by atoms with Gasteiger partial charge in [0.2, 0.25) is 0 Å². The molecule has 1 saturated heterocycles. The fourth-order valence-corrected chi connectivity index (χ4v) is 6.82. The molecule has 3 atom stereocenters. The maximum absolute atomic E-state index is 11.6. The standard InChI is InChI=1S/C33H45N3O2/c1-25(2)22-36(24-33(37)38)31-19-30(32(20-31)29-9-4-3-5-10-29)23-35-17-15-27(16-18-35)8-6-7-26-11-13-28(21-34)14-12-26/h3-5,9-14,25,27,30-32H,6-8,15-20,22-24H2,1-2H3,(H,37,38). The van der Waals surface area contributed by atoms with Crippen LogP contribution in [0, 0.1) is 29.1 Å². The Kier molecular flexibility index (Phi) is 10.4. The first-order valence-corrected chi connectivity index (χ1v) is 14.6. The van der Waals surface area contributed by atoms with E-state index in [2.05, 4.69) is 72.2 Å². The third-order valence-corrected chi connectivity index (χ3v) is 8.71. The van der Waals surface area contributed by atoms with E-state index in [1.54, 1.807) is 0 Å². The minimum atomic E-state index is -0.716. The van der Waals surface area contributed by atoms with Crippen molar-refractivity contribution in [2.45, 2.75) is 70.8 Å². The summed E-state index contributed by atoms with van der Waals surface area (Å²) in [5.41, 5.74) is 3.48. The third kappa shape index (κ3) is 8.16. The van der Waals surface area contributed by atoms with Crippen LogP contribution in [-0.4, -0.2) is 59.6 Å². The number of carbonyl (C=O) groups is 1. The summed E-state index contributed by atoms with van der Waals surface area (Å²) in [5.74, 6) is 1.61. The smallest absolute Gasteiger partial charge is 0.317 e. The van der Waals surface area contributed by atoms with E-state index in [9.17, 15) is 9.90 Å². The summed E-state index contributed by atoms with van der Waals surface area (Å²) < 4.78 is 0. The number of aryl methyl sites for hydroxylation is 1. The quantitative estimate of drug-likeness (QED) is 0.365. The fraction of sp³-hybridized carbons (Fsp3) is 0.576. The van der Waals surface area contributed by atoms with E-state index in [1.807, 2.05) is 12.1 Å². The van der Waals surface area contributed by atoms with E-state index in [4.69, 9.17) is 5.26 Å². The summed E-state index contributed by atoms with van der Waals surface area (Å²) in [7, 11) is 0. The van der Waals surface area contributed by atoms with Crippen molar-refractivity contribution in [3.8, 4) is 6.07 Å². The van der Waals surface area contributed by atoms with Gasteiger partial charge in [0.25, 0.3) is 0 Å². The van der Waals surface area contributed by atoms with Gasteiger partial charge in [-0.25, -0.2) is 0 Å². The molecule has 4 rings (SSSR count). The molecule has 204 valence electrons. The molecule has 2 aromatic rings. The van der Waals surface area contributed by atoms with Crippen LogP contribution < -0.4 is 0 Å². The number of aliphatic carboxylic acids is 1. The highest BCUT2D eigenvalue weighted by Gasteiger charge is 2.39. The highest BCUT2D eigenvalue weighted by atomic mass is 16.4. The number of benzene rings is 2. The maximum atomic E-state index is 11.6. The molecule has 1 N–H and O–H groups in total. The number of carboxylic acid groups (broad SMARTS) is 1. The van der Waals surface area contributed by atoms with Gasteiger partial charge in [0.15, 0.2) is 0 Å². The maximum Gasteiger partial charge on any atom is 0.317 e. The van der Waals surface area contributed by atoms with Crippen LogP contribution in [0.5, 0.6) is 0 Å². The lowest BCUT2D eigenvalue weighted by Crippen LogP contribution is -2.41. The summed E-state index contributed by atoms with van der Waals surface area (Å²) in [4.78, 5) is 16.6. The number of likely N-dealkylation sites (tertiary alicyclic amines) is 1. The van der Waals surface area contributed by atoms with Crippen LogP contribution in [0.15, 0.2) is 54.6 Å². The second-order valence-corrected chi connectivity index (χ2v) is 12.1. The highest BCUT2D eigenvalue weighted by molar-refractivity contribution is 5.69. The van der Waals surface area contributed by atoms with Crippen molar-refractivity contribution in [2.75, 3.05) is 32.7 Å². The van der Waals surface area contributed by atoms with Gasteiger partial charge in [-0.2, -0.15) is 5.26 Å². The Morgan fingerprint density at radius 3 is 2.42 bits per heavy atom. The Bertz CT molecular complexity index is 1040. The lowest BCUT2D eigenvalue weighted by Gasteiger charge is -2.35. The first-order valence-electron chi connectivity index (χ1n) is 14.6. The zero-order valence-corrected chi connectivity index (χ0v) is 23.3. The lowest BCUT2D eigenvalue weighted by molar-refractivity contribution is -0.139. The van der Waals surface area contributed by atoms with Crippen molar-refractivity contribution in [1.82, 2.24) is 9.80 Å². The molecule has 2 fully saturated rings. The van der Waals surface area contributed by atoms with Crippen LogP contribution in [0.3, 0.4) is 0 Å². The van der Waals surface area contributed by atoms with Gasteiger partial charge in [-0.15, -0.1) is 0 Å². The molecule has 5 heteroatoms. The molecule has 38 heavy (non-hydrogen) atoms. The van der Waals surface area contributed by atoms with E-state index in [-0.39, 0.29) is 6.54 Å². The molecule has 1 heterocycles. The van der Waals surface area contributed by atoms with Crippen molar-refractivity contribution in [3.05, 3.63) is 71.3 Å². The van der Waals surface area contributed by atoms with E-state index in [1.165, 1.54) is 49.9 Å². The normalized spacial score (nSPS) is 22.7. The number of nitriles is 1.